The number of furan rings is 3. The number of hydrogen-bond acceptors (Lipinski definition) is 12. The van der Waals surface area contributed by atoms with Gasteiger partial charge < -0.3 is 13.3 Å². The van der Waals surface area contributed by atoms with E-state index in [0.29, 0.717) is 11.6 Å². The smallest absolute Gasteiger partial charge is 0.160 e. The number of rotatable bonds is 13. The first-order valence-electron chi connectivity index (χ1n) is 44.4. The first-order valence-corrected chi connectivity index (χ1v) is 44.4. The topological polar surface area (TPSA) is 155 Å². The zero-order valence-electron chi connectivity index (χ0n) is 71.6. The largest absolute Gasteiger partial charge is 0.455 e. The van der Waals surface area contributed by atoms with Crippen LogP contribution in [0.25, 0.3) is 256 Å². The van der Waals surface area contributed by atoms with Crippen molar-refractivity contribution in [3.05, 3.63) is 455 Å². The number of hydrogen-bond donors (Lipinski definition) is 0. The van der Waals surface area contributed by atoms with Crippen LogP contribution < -0.4 is 0 Å². The van der Waals surface area contributed by atoms with Gasteiger partial charge in [-0.3, -0.25) is 0 Å². The minimum Gasteiger partial charge on any atom is -0.455 e. The monoisotopic (exact) mass is 1700 g/mol. The Labute approximate surface area is 763 Å². The molecule has 0 atom stereocenters. The van der Waals surface area contributed by atoms with Gasteiger partial charge in [-0.2, -0.15) is 0 Å². The van der Waals surface area contributed by atoms with Crippen LogP contribution in [0.3, 0.4) is 0 Å². The van der Waals surface area contributed by atoms with E-state index in [4.69, 9.17) is 58.1 Å². The molecule has 0 saturated heterocycles. The minimum absolute atomic E-state index is 0.672. The van der Waals surface area contributed by atoms with E-state index in [-0.39, 0.29) is 0 Å². The van der Waals surface area contributed by atoms with Gasteiger partial charge in [-0.15, -0.1) is 0 Å². The molecule has 0 fully saturated rings. The van der Waals surface area contributed by atoms with Crippen LogP contribution in [-0.2, 0) is 0 Å². The van der Waals surface area contributed by atoms with Gasteiger partial charge in [0.2, 0.25) is 0 Å². The van der Waals surface area contributed by atoms with Crippen molar-refractivity contribution in [1.29, 1.82) is 0 Å². The molecule has 0 N–H and O–H groups in total. The molecule has 0 bridgehead atoms. The Kier molecular flexibility index (Phi) is 20.0. The number of nitrogens with zero attached hydrogens (tertiary/aromatic N) is 9. The Morgan fingerprint density at radius 2 is 0.346 bits per heavy atom. The van der Waals surface area contributed by atoms with Crippen LogP contribution in [0.1, 0.15) is 0 Å². The molecule has 0 aliphatic rings. The van der Waals surface area contributed by atoms with Gasteiger partial charge in [-0.1, -0.05) is 382 Å². The fourth-order valence-electron chi connectivity index (χ4n) is 18.1. The van der Waals surface area contributed by atoms with E-state index in [1.54, 1.807) is 0 Å². The fraction of sp³-hybridized carbons (Fsp3) is 0. The molecule has 12 nitrogen and oxygen atoms in total. The standard InChI is InChI=1S/2C43H27N3O.C35H21N3O/c1-3-11-30(12-4-1)37-27-38(31-13-5-2-6-14-31)46-43(45-37)33-25-21-29(22-26-33)28-19-23-32(24-20-28)41-40-35-16-8-10-18-39(35)47-42(40)34-15-7-9-17-36(34)44-41;1-3-11-28(12-4-1)29-19-21-31(22-20-29)38-27-37(30-13-5-2-6-14-30)45-43(46-38)33-25-23-32(24-26-33)41-40-35-16-8-10-18-39(35)47-42(40)34-15-7-9-17-36(34)44-41;1-2-10-24(11-3-1)35-37-28-15-7-4-12-25(28)32(38-35)22-18-20-23(21-19-22)33-31-27-14-6-9-17-30(27)39-34(31)26-13-5-8-16-29(26)36-33/h2*1-27H;1-21H. The number of fused-ring (bicyclic) bond motifs is 16. The molecule has 622 valence electrons. The first kappa shape index (κ1) is 78.4. The van der Waals surface area contributed by atoms with Crippen molar-refractivity contribution in [2.24, 2.45) is 0 Å². The third-order valence-corrected chi connectivity index (χ3v) is 24.7. The van der Waals surface area contributed by atoms with Gasteiger partial charge in [-0.25, -0.2) is 44.9 Å². The molecule has 12 heteroatoms. The molecule has 133 heavy (non-hydrogen) atoms. The molecule has 26 aromatic rings. The van der Waals surface area contributed by atoms with Crippen molar-refractivity contribution >= 4 is 109 Å². The van der Waals surface area contributed by atoms with Crippen LogP contribution in [0.15, 0.2) is 468 Å². The average molecular weight is 1700 g/mol. The summed E-state index contributed by atoms with van der Waals surface area (Å²) >= 11 is 0. The third kappa shape index (κ3) is 14.9. The molecule has 26 rings (SSSR count). The molecular weight excluding hydrogens is 1630 g/mol. The minimum atomic E-state index is 0.672. The summed E-state index contributed by atoms with van der Waals surface area (Å²) in [5.41, 5.74) is 31.9. The molecule has 9 aromatic heterocycles. The highest BCUT2D eigenvalue weighted by Crippen LogP contribution is 2.45. The summed E-state index contributed by atoms with van der Waals surface area (Å²) in [4.78, 5) is 45.4. The van der Waals surface area contributed by atoms with E-state index in [1.807, 2.05) is 212 Å². The predicted molar refractivity (Wildman–Crippen MR) is 542 cm³/mol. The van der Waals surface area contributed by atoms with E-state index >= 15 is 0 Å². The van der Waals surface area contributed by atoms with Crippen molar-refractivity contribution < 1.29 is 13.3 Å². The van der Waals surface area contributed by atoms with Crippen molar-refractivity contribution in [1.82, 2.24) is 44.9 Å². The lowest BCUT2D eigenvalue weighted by Gasteiger charge is -2.11. The molecule has 0 aliphatic carbocycles. The summed E-state index contributed by atoms with van der Waals surface area (Å²) < 4.78 is 19.2. The first-order chi connectivity index (χ1) is 65.9. The number of benzene rings is 17. The maximum atomic E-state index is 6.40. The quantitative estimate of drug-likeness (QED) is 0.108. The van der Waals surface area contributed by atoms with Crippen LogP contribution in [0.4, 0.5) is 0 Å². The van der Waals surface area contributed by atoms with E-state index in [2.05, 4.69) is 243 Å². The van der Waals surface area contributed by atoms with Gasteiger partial charge in [-0.05, 0) is 95.1 Å². The lowest BCUT2D eigenvalue weighted by Crippen LogP contribution is -1.96. The molecule has 9 heterocycles. The van der Waals surface area contributed by atoms with Crippen LogP contribution >= 0.6 is 0 Å². The summed E-state index contributed by atoms with van der Waals surface area (Å²) in [6.45, 7) is 0. The highest BCUT2D eigenvalue weighted by molar-refractivity contribution is 6.22. The lowest BCUT2D eigenvalue weighted by molar-refractivity contribution is 0.672. The summed E-state index contributed by atoms with van der Waals surface area (Å²) in [5.74, 6) is 2.09. The summed E-state index contributed by atoms with van der Waals surface area (Å²) in [7, 11) is 0. The summed E-state index contributed by atoms with van der Waals surface area (Å²) in [5, 5.41) is 10.4. The second-order valence-electron chi connectivity index (χ2n) is 32.9. The maximum absolute atomic E-state index is 6.40. The van der Waals surface area contributed by atoms with Crippen LogP contribution in [0.5, 0.6) is 0 Å². The number of pyridine rings is 3. The number of para-hydroxylation sites is 7. The molecule has 0 unspecified atom stereocenters. The average Bonchev–Trinajstić information content (AvgIpc) is 1.61. The van der Waals surface area contributed by atoms with Gasteiger partial charge in [0.1, 0.15) is 33.5 Å². The second kappa shape index (κ2) is 33.9. The Morgan fingerprint density at radius 3 is 0.677 bits per heavy atom. The zero-order valence-corrected chi connectivity index (χ0v) is 71.6. The third-order valence-electron chi connectivity index (χ3n) is 24.7. The van der Waals surface area contributed by atoms with Gasteiger partial charge >= 0.3 is 0 Å². The van der Waals surface area contributed by atoms with Crippen molar-refractivity contribution in [2.75, 3.05) is 0 Å². The fourth-order valence-corrected chi connectivity index (χ4v) is 18.1. The molecule has 17 aromatic carbocycles. The van der Waals surface area contributed by atoms with Crippen LogP contribution in [0, 0.1) is 0 Å². The zero-order chi connectivity index (χ0) is 88.1. The van der Waals surface area contributed by atoms with Crippen molar-refractivity contribution in [2.45, 2.75) is 0 Å². The maximum Gasteiger partial charge on any atom is 0.160 e. The molecule has 0 amide bonds. The number of aromatic nitrogens is 9. The Bertz CT molecular complexity index is 8830. The Hall–Kier alpha value is -18.1. The molecule has 0 saturated carbocycles. The Balaban J connectivity index is 0.000000110. The highest BCUT2D eigenvalue weighted by Gasteiger charge is 2.24. The summed E-state index contributed by atoms with van der Waals surface area (Å²) in [6.07, 6.45) is 0. The molecule has 0 aliphatic heterocycles. The van der Waals surface area contributed by atoms with Gasteiger partial charge in [0.15, 0.2) is 17.5 Å². The van der Waals surface area contributed by atoms with Gasteiger partial charge in [0.05, 0.1) is 83.8 Å². The second-order valence-corrected chi connectivity index (χ2v) is 32.9. The van der Waals surface area contributed by atoms with E-state index in [0.717, 1.165) is 233 Å². The highest BCUT2D eigenvalue weighted by atomic mass is 16.3. The summed E-state index contributed by atoms with van der Waals surface area (Å²) in [6, 6.07) is 155. The van der Waals surface area contributed by atoms with E-state index in [9.17, 15) is 0 Å². The van der Waals surface area contributed by atoms with Crippen molar-refractivity contribution in [3.63, 3.8) is 0 Å². The lowest BCUT2D eigenvalue weighted by atomic mass is 9.98. The SMILES string of the molecule is c1ccc(-c2cc(-c3ccccc3)nc(-c3ccc(-c4ccc(-c5nc6ccccc6c6oc7ccccc7c56)cc4)cc3)n2)cc1.c1ccc(-c2ccc(-c3cc(-c4ccccc4)nc(-c4ccc(-c5nc6ccccc6c6oc7ccccc7c56)cc4)n3)cc2)cc1.c1ccc(-c2nc(-c3ccc(-c4nc5ccccc5c5oc6ccccc6c45)cc3)c3ccccc3n2)cc1. The van der Waals surface area contributed by atoms with E-state index < -0.39 is 0 Å². The molecule has 0 radical (unpaired) electrons. The van der Waals surface area contributed by atoms with Gasteiger partial charge in [0, 0.05) is 98.9 Å². The molecule has 0 spiro atoms. The normalized spacial score (nSPS) is 11.5. The van der Waals surface area contributed by atoms with Gasteiger partial charge in [0.25, 0.3) is 0 Å². The van der Waals surface area contributed by atoms with E-state index in [1.165, 1.54) is 11.1 Å². The Morgan fingerprint density at radius 1 is 0.135 bits per heavy atom. The van der Waals surface area contributed by atoms with Crippen LogP contribution in [0.2, 0.25) is 0 Å². The van der Waals surface area contributed by atoms with Crippen LogP contribution in [-0.4, -0.2) is 44.9 Å². The van der Waals surface area contributed by atoms with Crippen molar-refractivity contribution in [3.8, 4) is 146 Å². The molecular formula is C121H75N9O3. The predicted octanol–water partition coefficient (Wildman–Crippen LogP) is 31.6.